The first kappa shape index (κ1) is 11.5. The monoisotopic (exact) mass is 241 g/mol. The molecule has 0 bridgehead atoms. The highest BCUT2D eigenvalue weighted by atomic mass is 16.2. The molecule has 0 aromatic heterocycles. The highest BCUT2D eigenvalue weighted by Gasteiger charge is 2.35. The molecule has 2 heteroatoms. The summed E-state index contributed by atoms with van der Waals surface area (Å²) in [7, 11) is 0. The molecule has 3 rings (SSSR count). The second kappa shape index (κ2) is 4.60. The van der Waals surface area contributed by atoms with Crippen molar-refractivity contribution in [1.29, 1.82) is 0 Å². The Hall–Kier alpha value is -1.57. The molecule has 1 saturated heterocycles. The molecule has 1 unspecified atom stereocenters. The molecule has 0 N–H and O–H groups in total. The maximum absolute atomic E-state index is 12.1. The van der Waals surface area contributed by atoms with Crippen LogP contribution in [-0.4, -0.2) is 17.4 Å². The van der Waals surface area contributed by atoms with Gasteiger partial charge in [-0.1, -0.05) is 30.3 Å². The highest BCUT2D eigenvalue weighted by molar-refractivity contribution is 5.79. The van der Waals surface area contributed by atoms with Crippen LogP contribution in [0.15, 0.2) is 36.9 Å². The van der Waals surface area contributed by atoms with Gasteiger partial charge in [-0.15, -0.1) is 6.58 Å². The van der Waals surface area contributed by atoms with E-state index in [1.54, 1.807) is 0 Å². The van der Waals surface area contributed by atoms with Crippen LogP contribution in [0.5, 0.6) is 0 Å². The minimum Gasteiger partial charge on any atom is -0.335 e. The van der Waals surface area contributed by atoms with Crippen molar-refractivity contribution in [3.05, 3.63) is 48.0 Å². The number of carbonyl (C=O) groups excluding carboxylic acids is 1. The Morgan fingerprint density at radius 1 is 1.33 bits per heavy atom. The minimum absolute atomic E-state index is 0.293. The molecule has 1 amide bonds. The Morgan fingerprint density at radius 2 is 2.17 bits per heavy atom. The van der Waals surface area contributed by atoms with E-state index >= 15 is 0 Å². The van der Waals surface area contributed by atoms with Gasteiger partial charge in [-0.3, -0.25) is 4.79 Å². The first-order chi connectivity index (χ1) is 8.79. The fourth-order valence-electron chi connectivity index (χ4n) is 3.27. The number of hydrogen-bond donors (Lipinski definition) is 0. The standard InChI is InChI=1S/C16H19NO/c1-2-12-10-16(18)17(11-12)15-9-5-7-13-6-3-4-8-14(13)15/h2-4,6,8,12,15H,1,5,7,9-11H2/t12?,15-/m0/s1. The number of benzene rings is 1. The van der Waals surface area contributed by atoms with Crippen molar-refractivity contribution in [2.75, 3.05) is 6.54 Å². The van der Waals surface area contributed by atoms with E-state index in [0.717, 1.165) is 19.4 Å². The maximum Gasteiger partial charge on any atom is 0.223 e. The lowest BCUT2D eigenvalue weighted by Crippen LogP contribution is -2.32. The van der Waals surface area contributed by atoms with Gasteiger partial charge in [0.1, 0.15) is 0 Å². The van der Waals surface area contributed by atoms with Gasteiger partial charge in [0.05, 0.1) is 6.04 Å². The van der Waals surface area contributed by atoms with Crippen molar-refractivity contribution in [2.45, 2.75) is 31.7 Å². The third kappa shape index (κ3) is 1.86. The van der Waals surface area contributed by atoms with E-state index in [1.807, 2.05) is 6.08 Å². The van der Waals surface area contributed by atoms with Crippen LogP contribution in [0.25, 0.3) is 0 Å². The number of nitrogens with zero attached hydrogens (tertiary/aromatic N) is 1. The van der Waals surface area contributed by atoms with E-state index in [9.17, 15) is 4.79 Å². The van der Waals surface area contributed by atoms with Gasteiger partial charge < -0.3 is 4.90 Å². The molecule has 0 saturated carbocycles. The lowest BCUT2D eigenvalue weighted by molar-refractivity contribution is -0.130. The maximum atomic E-state index is 12.1. The SMILES string of the molecule is C=CC1CC(=O)N([C@H]2CCCc3ccccc32)C1. The van der Waals surface area contributed by atoms with Crippen molar-refractivity contribution in [3.63, 3.8) is 0 Å². The molecule has 2 aliphatic rings. The normalized spacial score (nSPS) is 27.1. The summed E-state index contributed by atoms with van der Waals surface area (Å²) >= 11 is 0. The second-order valence-corrected chi connectivity index (χ2v) is 5.35. The minimum atomic E-state index is 0.293. The van der Waals surface area contributed by atoms with Gasteiger partial charge in [0.15, 0.2) is 0 Å². The van der Waals surface area contributed by atoms with Crippen molar-refractivity contribution < 1.29 is 4.79 Å². The Balaban J connectivity index is 1.90. The predicted octanol–water partition coefficient (Wildman–Crippen LogP) is 3.10. The Labute approximate surface area is 108 Å². The number of likely N-dealkylation sites (tertiary alicyclic amines) is 1. The van der Waals surface area contributed by atoms with E-state index in [2.05, 4.69) is 35.7 Å². The zero-order valence-corrected chi connectivity index (χ0v) is 10.6. The van der Waals surface area contributed by atoms with Gasteiger partial charge in [0.2, 0.25) is 5.91 Å². The van der Waals surface area contributed by atoms with Crippen molar-refractivity contribution in [1.82, 2.24) is 4.90 Å². The van der Waals surface area contributed by atoms with Crippen LogP contribution >= 0.6 is 0 Å². The average Bonchev–Trinajstić information content (AvgIpc) is 2.79. The van der Waals surface area contributed by atoms with Crippen LogP contribution in [-0.2, 0) is 11.2 Å². The quantitative estimate of drug-likeness (QED) is 0.729. The summed E-state index contributed by atoms with van der Waals surface area (Å²) in [4.78, 5) is 14.2. The summed E-state index contributed by atoms with van der Waals surface area (Å²) in [5.74, 6) is 0.633. The summed E-state index contributed by atoms with van der Waals surface area (Å²) in [5.41, 5.74) is 2.78. The number of amides is 1. The van der Waals surface area contributed by atoms with E-state index < -0.39 is 0 Å². The summed E-state index contributed by atoms with van der Waals surface area (Å²) in [6.07, 6.45) is 6.01. The van der Waals surface area contributed by atoms with E-state index in [1.165, 1.54) is 17.5 Å². The molecule has 0 radical (unpaired) electrons. The molecule has 1 aromatic rings. The van der Waals surface area contributed by atoms with E-state index in [0.29, 0.717) is 24.3 Å². The van der Waals surface area contributed by atoms with Crippen molar-refractivity contribution in [3.8, 4) is 0 Å². The summed E-state index contributed by atoms with van der Waals surface area (Å²) in [6, 6.07) is 8.87. The Kier molecular flexibility index (Phi) is 2.94. The number of carbonyl (C=O) groups is 1. The lowest BCUT2D eigenvalue weighted by atomic mass is 9.87. The first-order valence-corrected chi connectivity index (χ1v) is 6.79. The Bertz CT molecular complexity index is 480. The second-order valence-electron chi connectivity index (χ2n) is 5.35. The number of fused-ring (bicyclic) bond motifs is 1. The number of aryl methyl sites for hydroxylation is 1. The third-order valence-corrected chi connectivity index (χ3v) is 4.24. The molecule has 18 heavy (non-hydrogen) atoms. The van der Waals surface area contributed by atoms with Crippen LogP contribution in [0.2, 0.25) is 0 Å². The molecule has 1 aliphatic carbocycles. The van der Waals surface area contributed by atoms with E-state index in [4.69, 9.17) is 0 Å². The van der Waals surface area contributed by atoms with Crippen LogP contribution in [0.4, 0.5) is 0 Å². The van der Waals surface area contributed by atoms with Crippen molar-refractivity contribution in [2.24, 2.45) is 5.92 Å². The molecule has 1 aliphatic heterocycles. The first-order valence-electron chi connectivity index (χ1n) is 6.79. The lowest BCUT2D eigenvalue weighted by Gasteiger charge is -2.33. The topological polar surface area (TPSA) is 20.3 Å². The molecule has 1 fully saturated rings. The molecule has 94 valence electrons. The van der Waals surface area contributed by atoms with Gasteiger partial charge in [-0.25, -0.2) is 0 Å². The van der Waals surface area contributed by atoms with Crippen LogP contribution in [0, 0.1) is 5.92 Å². The zero-order valence-electron chi connectivity index (χ0n) is 10.6. The average molecular weight is 241 g/mol. The smallest absolute Gasteiger partial charge is 0.223 e. The molecule has 1 heterocycles. The van der Waals surface area contributed by atoms with Crippen LogP contribution in [0.1, 0.15) is 36.4 Å². The van der Waals surface area contributed by atoms with Gasteiger partial charge >= 0.3 is 0 Å². The molecular weight excluding hydrogens is 222 g/mol. The largest absolute Gasteiger partial charge is 0.335 e. The summed E-state index contributed by atoms with van der Waals surface area (Å²) in [5, 5.41) is 0. The van der Waals surface area contributed by atoms with Gasteiger partial charge in [-0.05, 0) is 30.4 Å². The molecule has 0 spiro atoms. The van der Waals surface area contributed by atoms with Gasteiger partial charge in [0.25, 0.3) is 0 Å². The molecule has 2 nitrogen and oxygen atoms in total. The molecule has 2 atom stereocenters. The fourth-order valence-corrected chi connectivity index (χ4v) is 3.27. The van der Waals surface area contributed by atoms with Gasteiger partial charge in [-0.2, -0.15) is 0 Å². The highest BCUT2D eigenvalue weighted by Crippen LogP contribution is 2.37. The molecule has 1 aromatic carbocycles. The zero-order chi connectivity index (χ0) is 12.5. The number of rotatable bonds is 2. The van der Waals surface area contributed by atoms with Gasteiger partial charge in [0, 0.05) is 18.9 Å². The van der Waals surface area contributed by atoms with Crippen molar-refractivity contribution >= 4 is 5.91 Å². The summed E-state index contributed by atoms with van der Waals surface area (Å²) in [6.45, 7) is 4.67. The van der Waals surface area contributed by atoms with Crippen LogP contribution < -0.4 is 0 Å². The molecular formula is C16H19NO. The predicted molar refractivity (Wildman–Crippen MR) is 72.1 cm³/mol. The third-order valence-electron chi connectivity index (χ3n) is 4.24. The Morgan fingerprint density at radius 3 is 2.94 bits per heavy atom. The van der Waals surface area contributed by atoms with Crippen LogP contribution in [0.3, 0.4) is 0 Å². The summed E-state index contributed by atoms with van der Waals surface area (Å²) < 4.78 is 0. The van der Waals surface area contributed by atoms with E-state index in [-0.39, 0.29) is 0 Å². The number of hydrogen-bond acceptors (Lipinski definition) is 1. The fraction of sp³-hybridized carbons (Fsp3) is 0.438.